The molecule has 0 spiro atoms. The van der Waals surface area contributed by atoms with Gasteiger partial charge in [0.05, 0.1) is 12.3 Å². The maximum atomic E-state index is 12.3. The van der Waals surface area contributed by atoms with Gasteiger partial charge < -0.3 is 24.4 Å². The minimum absolute atomic E-state index is 0.0536. The van der Waals surface area contributed by atoms with Crippen molar-refractivity contribution in [1.29, 1.82) is 0 Å². The summed E-state index contributed by atoms with van der Waals surface area (Å²) in [6, 6.07) is 0. The molecule has 154 valence electrons. The van der Waals surface area contributed by atoms with Gasteiger partial charge in [0.15, 0.2) is 0 Å². The Labute approximate surface area is 165 Å². The molecule has 0 unspecified atom stereocenters. The van der Waals surface area contributed by atoms with E-state index in [0.717, 1.165) is 38.4 Å². The Morgan fingerprint density at radius 3 is 2.64 bits per heavy atom. The predicted molar refractivity (Wildman–Crippen MR) is 102 cm³/mol. The summed E-state index contributed by atoms with van der Waals surface area (Å²) >= 11 is 0. The van der Waals surface area contributed by atoms with Crippen LogP contribution in [0.4, 0.5) is 0 Å². The van der Waals surface area contributed by atoms with E-state index in [9.17, 15) is 9.59 Å². The number of likely N-dealkylation sites (tertiary alicyclic amines) is 1. The van der Waals surface area contributed by atoms with Gasteiger partial charge in [-0.05, 0) is 57.5 Å². The van der Waals surface area contributed by atoms with Crippen molar-refractivity contribution in [2.75, 3.05) is 45.9 Å². The fourth-order valence-corrected chi connectivity index (χ4v) is 4.13. The fraction of sp³-hybridized carbons (Fsp3) is 0.750. The predicted octanol–water partition coefficient (Wildman–Crippen LogP) is 1.06. The van der Waals surface area contributed by atoms with E-state index >= 15 is 0 Å². The van der Waals surface area contributed by atoms with Crippen LogP contribution in [0.5, 0.6) is 0 Å². The highest BCUT2D eigenvalue weighted by atomic mass is 16.5. The largest absolute Gasteiger partial charge is 0.365 e. The summed E-state index contributed by atoms with van der Waals surface area (Å²) in [6.45, 7) is 7.06. The van der Waals surface area contributed by atoms with Crippen LogP contribution in [0, 0.1) is 18.8 Å². The minimum atomic E-state index is -0.228. The highest BCUT2D eigenvalue weighted by Gasteiger charge is 2.31. The molecule has 3 aliphatic rings. The molecule has 1 aromatic heterocycles. The first kappa shape index (κ1) is 19.4. The lowest BCUT2D eigenvalue weighted by Gasteiger charge is -2.38. The molecule has 2 amide bonds. The van der Waals surface area contributed by atoms with Crippen LogP contribution in [-0.2, 0) is 9.53 Å². The number of carbonyl (C=O) groups excluding carboxylic acids is 2. The molecule has 2 aliphatic heterocycles. The molecule has 1 saturated carbocycles. The molecule has 8 heteroatoms. The number of rotatable bonds is 7. The van der Waals surface area contributed by atoms with E-state index in [2.05, 4.69) is 15.4 Å². The lowest BCUT2D eigenvalue weighted by Crippen LogP contribution is -2.52. The number of amides is 2. The third-order valence-electron chi connectivity index (χ3n) is 6.10. The van der Waals surface area contributed by atoms with Gasteiger partial charge in [-0.15, -0.1) is 0 Å². The molecule has 4 rings (SSSR count). The SMILES string of the molecule is Cc1oncc1C(=O)NC[C@H]1CN(CC2CCN(CC3CC3)CC2)C(=O)CO1. The van der Waals surface area contributed by atoms with Gasteiger partial charge in [0, 0.05) is 26.2 Å². The number of hydrogen-bond acceptors (Lipinski definition) is 6. The van der Waals surface area contributed by atoms with E-state index in [1.807, 2.05) is 4.90 Å². The van der Waals surface area contributed by atoms with Crippen molar-refractivity contribution in [2.24, 2.45) is 11.8 Å². The van der Waals surface area contributed by atoms with Gasteiger partial charge in [-0.1, -0.05) is 5.16 Å². The summed E-state index contributed by atoms with van der Waals surface area (Å²) in [5, 5.41) is 6.48. The Balaban J connectivity index is 1.21. The monoisotopic (exact) mass is 390 g/mol. The molecule has 1 atom stereocenters. The second kappa shape index (κ2) is 8.61. The Morgan fingerprint density at radius 2 is 1.96 bits per heavy atom. The summed E-state index contributed by atoms with van der Waals surface area (Å²) in [4.78, 5) is 29.0. The maximum Gasteiger partial charge on any atom is 0.256 e. The Bertz CT molecular complexity index is 694. The maximum absolute atomic E-state index is 12.3. The third kappa shape index (κ3) is 4.91. The van der Waals surface area contributed by atoms with E-state index < -0.39 is 0 Å². The number of carbonyl (C=O) groups is 2. The summed E-state index contributed by atoms with van der Waals surface area (Å²) in [6.07, 6.45) is 6.35. The van der Waals surface area contributed by atoms with Crippen molar-refractivity contribution >= 4 is 11.8 Å². The first-order valence-corrected chi connectivity index (χ1v) is 10.4. The number of morpholine rings is 1. The standard InChI is InChI=1S/C20H30N4O4/c1-14-18(9-22-28-14)20(26)21-8-17-12-24(19(25)13-27-17)11-16-4-6-23(7-5-16)10-15-2-3-15/h9,15-17H,2-8,10-13H2,1H3,(H,21,26)/t17-/m0/s1. The molecule has 3 fully saturated rings. The van der Waals surface area contributed by atoms with Crippen LogP contribution in [0.25, 0.3) is 0 Å². The summed E-state index contributed by atoms with van der Waals surface area (Å²) in [5.74, 6) is 1.82. The first-order chi connectivity index (χ1) is 13.6. The van der Waals surface area contributed by atoms with Crippen molar-refractivity contribution in [1.82, 2.24) is 20.3 Å². The topological polar surface area (TPSA) is 87.9 Å². The lowest BCUT2D eigenvalue weighted by atomic mass is 9.95. The highest BCUT2D eigenvalue weighted by molar-refractivity contribution is 5.94. The van der Waals surface area contributed by atoms with E-state index in [1.54, 1.807) is 6.92 Å². The van der Waals surface area contributed by atoms with Gasteiger partial charge in [-0.3, -0.25) is 9.59 Å². The average molecular weight is 390 g/mol. The Kier molecular flexibility index (Phi) is 5.96. The minimum Gasteiger partial charge on any atom is -0.365 e. The van der Waals surface area contributed by atoms with Gasteiger partial charge in [0.1, 0.15) is 17.9 Å². The molecular weight excluding hydrogens is 360 g/mol. The number of aromatic nitrogens is 1. The number of aryl methyl sites for hydroxylation is 1. The molecular formula is C20H30N4O4. The second-order valence-corrected chi connectivity index (χ2v) is 8.42. The number of piperidine rings is 1. The zero-order valence-corrected chi connectivity index (χ0v) is 16.6. The van der Waals surface area contributed by atoms with Crippen LogP contribution in [-0.4, -0.2) is 78.8 Å². The smallest absolute Gasteiger partial charge is 0.256 e. The summed E-state index contributed by atoms with van der Waals surface area (Å²) in [5.41, 5.74) is 0.432. The number of ether oxygens (including phenoxy) is 1. The van der Waals surface area contributed by atoms with Crippen molar-refractivity contribution in [3.8, 4) is 0 Å². The number of hydrogen-bond donors (Lipinski definition) is 1. The zero-order chi connectivity index (χ0) is 19.5. The Morgan fingerprint density at radius 1 is 1.21 bits per heavy atom. The van der Waals surface area contributed by atoms with Gasteiger partial charge in [0.25, 0.3) is 5.91 Å². The average Bonchev–Trinajstić information content (AvgIpc) is 3.41. The van der Waals surface area contributed by atoms with Crippen LogP contribution >= 0.6 is 0 Å². The quantitative estimate of drug-likeness (QED) is 0.749. The number of nitrogens with zero attached hydrogens (tertiary/aromatic N) is 3. The normalized spacial score (nSPS) is 24.5. The lowest BCUT2D eigenvalue weighted by molar-refractivity contribution is -0.149. The molecule has 8 nitrogen and oxygen atoms in total. The van der Waals surface area contributed by atoms with Gasteiger partial charge in [-0.2, -0.15) is 0 Å². The van der Waals surface area contributed by atoms with Gasteiger partial charge >= 0.3 is 0 Å². The molecule has 0 bridgehead atoms. The van der Waals surface area contributed by atoms with E-state index in [-0.39, 0.29) is 24.5 Å². The molecule has 1 aromatic rings. The van der Waals surface area contributed by atoms with Crippen molar-refractivity contribution in [3.63, 3.8) is 0 Å². The van der Waals surface area contributed by atoms with Gasteiger partial charge in [-0.25, -0.2) is 0 Å². The highest BCUT2D eigenvalue weighted by Crippen LogP contribution is 2.31. The van der Waals surface area contributed by atoms with Crippen molar-refractivity contribution in [2.45, 2.75) is 38.7 Å². The summed E-state index contributed by atoms with van der Waals surface area (Å²) < 4.78 is 10.5. The van der Waals surface area contributed by atoms with Crippen molar-refractivity contribution in [3.05, 3.63) is 17.5 Å². The molecule has 1 N–H and O–H groups in total. The molecule has 2 saturated heterocycles. The first-order valence-electron chi connectivity index (χ1n) is 10.4. The molecule has 28 heavy (non-hydrogen) atoms. The summed E-state index contributed by atoms with van der Waals surface area (Å²) in [7, 11) is 0. The molecule has 0 aromatic carbocycles. The van der Waals surface area contributed by atoms with Crippen LogP contribution in [0.1, 0.15) is 41.8 Å². The van der Waals surface area contributed by atoms with Crippen LogP contribution in [0.2, 0.25) is 0 Å². The third-order valence-corrected chi connectivity index (χ3v) is 6.10. The van der Waals surface area contributed by atoms with Crippen LogP contribution < -0.4 is 5.32 Å². The van der Waals surface area contributed by atoms with Crippen molar-refractivity contribution < 1.29 is 18.8 Å². The van der Waals surface area contributed by atoms with Crippen LogP contribution in [0.3, 0.4) is 0 Å². The zero-order valence-electron chi connectivity index (χ0n) is 16.6. The van der Waals surface area contributed by atoms with Crippen LogP contribution in [0.15, 0.2) is 10.7 Å². The van der Waals surface area contributed by atoms with Gasteiger partial charge in [0.2, 0.25) is 5.91 Å². The van der Waals surface area contributed by atoms with E-state index in [0.29, 0.717) is 30.3 Å². The molecule has 1 aliphatic carbocycles. The van der Waals surface area contributed by atoms with E-state index in [1.165, 1.54) is 25.6 Å². The Hall–Kier alpha value is -1.93. The van der Waals surface area contributed by atoms with E-state index in [4.69, 9.17) is 9.26 Å². The molecule has 3 heterocycles. The molecule has 0 radical (unpaired) electrons. The fourth-order valence-electron chi connectivity index (χ4n) is 4.13. The number of nitrogens with one attached hydrogen (secondary N) is 1. The second-order valence-electron chi connectivity index (χ2n) is 8.42.